The van der Waals surface area contributed by atoms with E-state index in [1.165, 1.54) is 12.1 Å². The lowest BCUT2D eigenvalue weighted by atomic mass is 10.2. The van der Waals surface area contributed by atoms with Gasteiger partial charge in [-0.05, 0) is 63.6 Å². The van der Waals surface area contributed by atoms with Crippen LogP contribution < -0.4 is 5.32 Å². The van der Waals surface area contributed by atoms with E-state index in [1.54, 1.807) is 24.3 Å². The van der Waals surface area contributed by atoms with E-state index in [1.807, 2.05) is 6.07 Å². The zero-order chi connectivity index (χ0) is 15.5. The zero-order valence-corrected chi connectivity index (χ0v) is 13.7. The number of alkyl halides is 3. The fourth-order valence-electron chi connectivity index (χ4n) is 1.64. The number of hydrogen-bond acceptors (Lipinski definition) is 2. The molecule has 112 valence electrons. The number of benzene rings is 2. The lowest BCUT2D eigenvalue weighted by Crippen LogP contribution is -2.01. The van der Waals surface area contributed by atoms with Crippen molar-refractivity contribution in [2.24, 2.45) is 0 Å². The van der Waals surface area contributed by atoms with Crippen molar-refractivity contribution in [3.05, 3.63) is 57.5 Å². The van der Waals surface area contributed by atoms with Crippen molar-refractivity contribution in [2.75, 3.05) is 5.32 Å². The average molecular weight is 397 g/mol. The minimum Gasteiger partial charge on any atom is -0.380 e. The standard InChI is InChI=1S/C14H10BrClF3NS/c15-12-7-10(16)3-6-13(12)20-8-9-1-4-11(5-2-9)21-14(17,18)19/h1-7,20H,8H2. The Kier molecular flexibility index (Phi) is 5.46. The van der Waals surface area contributed by atoms with Crippen LogP contribution in [-0.2, 0) is 6.54 Å². The fraction of sp³-hybridized carbons (Fsp3) is 0.143. The minimum absolute atomic E-state index is 0.115. The maximum absolute atomic E-state index is 12.2. The van der Waals surface area contributed by atoms with Crippen LogP contribution in [0.5, 0.6) is 0 Å². The maximum atomic E-state index is 12.2. The Morgan fingerprint density at radius 1 is 1.10 bits per heavy atom. The first-order valence-electron chi connectivity index (χ1n) is 5.87. The van der Waals surface area contributed by atoms with Gasteiger partial charge in [-0.1, -0.05) is 23.7 Å². The van der Waals surface area contributed by atoms with Gasteiger partial charge in [0.2, 0.25) is 0 Å². The van der Waals surface area contributed by atoms with E-state index in [2.05, 4.69) is 21.2 Å². The molecule has 2 aromatic rings. The quantitative estimate of drug-likeness (QED) is 0.606. The van der Waals surface area contributed by atoms with E-state index in [-0.39, 0.29) is 16.7 Å². The highest BCUT2D eigenvalue weighted by atomic mass is 79.9. The van der Waals surface area contributed by atoms with Crippen LogP contribution in [0.15, 0.2) is 51.8 Å². The van der Waals surface area contributed by atoms with Crippen molar-refractivity contribution >= 4 is 45.0 Å². The summed E-state index contributed by atoms with van der Waals surface area (Å²) in [5.74, 6) is 0. The Hall–Kier alpha value is -0.850. The van der Waals surface area contributed by atoms with Gasteiger partial charge in [0.25, 0.3) is 0 Å². The van der Waals surface area contributed by atoms with Crippen molar-refractivity contribution in [1.29, 1.82) is 0 Å². The molecular formula is C14H10BrClF3NS. The first-order valence-corrected chi connectivity index (χ1v) is 7.86. The third-order valence-electron chi connectivity index (χ3n) is 2.57. The Bertz CT molecular complexity index is 617. The van der Waals surface area contributed by atoms with Crippen LogP contribution in [0.2, 0.25) is 5.02 Å². The summed E-state index contributed by atoms with van der Waals surface area (Å²) in [6, 6.07) is 11.6. The van der Waals surface area contributed by atoms with Gasteiger partial charge in [-0.15, -0.1) is 0 Å². The first kappa shape index (κ1) is 16.5. The molecule has 0 unspecified atom stereocenters. The van der Waals surface area contributed by atoms with E-state index >= 15 is 0 Å². The second-order valence-corrected chi connectivity index (χ2v) is 6.60. The zero-order valence-electron chi connectivity index (χ0n) is 10.5. The summed E-state index contributed by atoms with van der Waals surface area (Å²) in [6.07, 6.45) is 0. The summed E-state index contributed by atoms with van der Waals surface area (Å²) in [4.78, 5) is 0.180. The van der Waals surface area contributed by atoms with E-state index in [9.17, 15) is 13.2 Å². The molecule has 0 heterocycles. The van der Waals surface area contributed by atoms with Crippen molar-refractivity contribution in [2.45, 2.75) is 16.9 Å². The molecule has 0 radical (unpaired) electrons. The molecule has 0 aliphatic carbocycles. The minimum atomic E-state index is -4.26. The van der Waals surface area contributed by atoms with Gasteiger partial charge in [-0.2, -0.15) is 13.2 Å². The molecule has 0 aliphatic rings. The lowest BCUT2D eigenvalue weighted by Gasteiger charge is -2.10. The summed E-state index contributed by atoms with van der Waals surface area (Å²) in [5.41, 5.74) is -2.50. The summed E-state index contributed by atoms with van der Waals surface area (Å²) < 4.78 is 37.5. The molecule has 0 amide bonds. The maximum Gasteiger partial charge on any atom is 0.446 e. The average Bonchev–Trinajstić information content (AvgIpc) is 2.38. The van der Waals surface area contributed by atoms with Crippen molar-refractivity contribution < 1.29 is 13.2 Å². The first-order chi connectivity index (χ1) is 9.83. The number of rotatable bonds is 4. The number of thioether (sulfide) groups is 1. The molecule has 7 heteroatoms. The lowest BCUT2D eigenvalue weighted by molar-refractivity contribution is -0.0328. The van der Waals surface area contributed by atoms with Crippen LogP contribution in [0.4, 0.5) is 18.9 Å². The molecule has 1 N–H and O–H groups in total. The summed E-state index contributed by atoms with van der Waals surface area (Å²) >= 11 is 9.13. The number of hydrogen-bond donors (Lipinski definition) is 1. The second kappa shape index (κ2) is 6.94. The van der Waals surface area contributed by atoms with Crippen molar-refractivity contribution in [3.63, 3.8) is 0 Å². The smallest absolute Gasteiger partial charge is 0.380 e. The molecule has 0 spiro atoms. The Morgan fingerprint density at radius 2 is 1.76 bits per heavy atom. The predicted molar refractivity (Wildman–Crippen MR) is 84.8 cm³/mol. The van der Waals surface area contributed by atoms with Crippen LogP contribution >= 0.6 is 39.3 Å². The van der Waals surface area contributed by atoms with Crippen LogP contribution in [0.25, 0.3) is 0 Å². The van der Waals surface area contributed by atoms with Gasteiger partial charge in [0.15, 0.2) is 0 Å². The molecule has 1 nitrogen and oxygen atoms in total. The normalized spacial score (nSPS) is 11.5. The van der Waals surface area contributed by atoms with Gasteiger partial charge in [0, 0.05) is 26.6 Å². The van der Waals surface area contributed by atoms with Gasteiger partial charge in [-0.25, -0.2) is 0 Å². The van der Waals surface area contributed by atoms with Gasteiger partial charge < -0.3 is 5.32 Å². The van der Waals surface area contributed by atoms with Gasteiger partial charge in [0.1, 0.15) is 0 Å². The van der Waals surface area contributed by atoms with Gasteiger partial charge >= 0.3 is 5.51 Å². The molecule has 0 saturated carbocycles. The molecule has 0 bridgehead atoms. The highest BCUT2D eigenvalue weighted by Crippen LogP contribution is 2.36. The molecule has 2 rings (SSSR count). The van der Waals surface area contributed by atoms with E-state index in [0.717, 1.165) is 15.7 Å². The summed E-state index contributed by atoms with van der Waals surface area (Å²) in [7, 11) is 0. The monoisotopic (exact) mass is 395 g/mol. The highest BCUT2D eigenvalue weighted by Gasteiger charge is 2.28. The topological polar surface area (TPSA) is 12.0 Å². The Balaban J connectivity index is 1.97. The third kappa shape index (κ3) is 5.45. The number of anilines is 1. The second-order valence-electron chi connectivity index (χ2n) is 4.17. The molecule has 0 atom stereocenters. The van der Waals surface area contributed by atoms with E-state index in [4.69, 9.17) is 11.6 Å². The largest absolute Gasteiger partial charge is 0.446 e. The highest BCUT2D eigenvalue weighted by molar-refractivity contribution is 9.10. The number of halogens is 5. The van der Waals surface area contributed by atoms with E-state index in [0.29, 0.717) is 11.6 Å². The van der Waals surface area contributed by atoms with Crippen LogP contribution in [0.1, 0.15) is 5.56 Å². The molecule has 2 aromatic carbocycles. The van der Waals surface area contributed by atoms with Gasteiger partial charge in [-0.3, -0.25) is 0 Å². The molecular weight excluding hydrogens is 387 g/mol. The molecule has 0 aromatic heterocycles. The van der Waals surface area contributed by atoms with Crippen LogP contribution in [-0.4, -0.2) is 5.51 Å². The van der Waals surface area contributed by atoms with Gasteiger partial charge in [0.05, 0.1) is 0 Å². The Morgan fingerprint density at radius 3 is 2.33 bits per heavy atom. The Labute approximate surface area is 138 Å². The van der Waals surface area contributed by atoms with Crippen molar-refractivity contribution in [3.8, 4) is 0 Å². The number of nitrogens with one attached hydrogen (secondary N) is 1. The molecule has 21 heavy (non-hydrogen) atoms. The predicted octanol–water partition coefficient (Wildman–Crippen LogP) is 6.33. The molecule has 0 fully saturated rings. The van der Waals surface area contributed by atoms with Crippen LogP contribution in [0, 0.1) is 0 Å². The summed E-state index contributed by atoms with van der Waals surface area (Å²) in [5, 5.41) is 3.82. The van der Waals surface area contributed by atoms with Crippen LogP contribution in [0.3, 0.4) is 0 Å². The molecule has 0 aliphatic heterocycles. The molecule has 0 saturated heterocycles. The summed E-state index contributed by atoms with van der Waals surface area (Å²) in [6.45, 7) is 0.511. The third-order valence-corrected chi connectivity index (χ3v) is 4.20. The van der Waals surface area contributed by atoms with Crippen molar-refractivity contribution in [1.82, 2.24) is 0 Å². The SMILES string of the molecule is FC(F)(F)Sc1ccc(CNc2ccc(Cl)cc2Br)cc1. The van der Waals surface area contributed by atoms with E-state index < -0.39 is 5.51 Å². The fourth-order valence-corrected chi connectivity index (χ4v) is 3.00.